The summed E-state index contributed by atoms with van der Waals surface area (Å²) in [7, 11) is 0. The normalized spacial score (nSPS) is 12.9. The number of carbonyl (C=O) groups excluding carboxylic acids is 1. The molecule has 0 saturated heterocycles. The van der Waals surface area contributed by atoms with Gasteiger partial charge in [-0.25, -0.2) is 0 Å². The predicted octanol–water partition coefficient (Wildman–Crippen LogP) is 1.64. The van der Waals surface area contributed by atoms with Gasteiger partial charge in [0.05, 0.1) is 0 Å². The zero-order valence-corrected chi connectivity index (χ0v) is 11.1. The van der Waals surface area contributed by atoms with Crippen LogP contribution >= 0.6 is 22.6 Å². The Hall–Kier alpha value is -0.820. The van der Waals surface area contributed by atoms with E-state index in [0.717, 1.165) is 3.77 Å². The second-order valence-electron chi connectivity index (χ2n) is 3.51. The minimum absolute atomic E-state index is 0.0698. The highest BCUT2D eigenvalue weighted by molar-refractivity contribution is 14.1. The summed E-state index contributed by atoms with van der Waals surface area (Å²) in [5.74, 6) is 0.531. The lowest BCUT2D eigenvalue weighted by Gasteiger charge is -2.06. The minimum Gasteiger partial charge on any atom is -0.451 e. The third-order valence-corrected chi connectivity index (χ3v) is 2.51. The molecule has 5 heteroatoms. The van der Waals surface area contributed by atoms with Crippen LogP contribution in [0.25, 0.3) is 6.08 Å². The van der Waals surface area contributed by atoms with Crippen molar-refractivity contribution in [3.63, 3.8) is 0 Å². The standard InChI is InChI=1S/C11H14INO3/c1-8(7-14)6-13-11(15)5-3-9-2-4-10(12)16-9/h2-5,8,14H,6-7H2,1H3,(H,13,15)/b5-3+. The molecule has 1 rings (SSSR count). The summed E-state index contributed by atoms with van der Waals surface area (Å²) in [6.45, 7) is 2.40. The maximum atomic E-state index is 11.3. The van der Waals surface area contributed by atoms with Crippen LogP contribution in [0.1, 0.15) is 12.7 Å². The van der Waals surface area contributed by atoms with E-state index in [1.54, 1.807) is 12.1 Å². The van der Waals surface area contributed by atoms with Crippen molar-refractivity contribution in [1.82, 2.24) is 5.32 Å². The molecule has 0 spiro atoms. The van der Waals surface area contributed by atoms with Crippen molar-refractivity contribution >= 4 is 34.6 Å². The van der Waals surface area contributed by atoms with Crippen LogP contribution < -0.4 is 5.32 Å². The average Bonchev–Trinajstić information content (AvgIpc) is 2.69. The summed E-state index contributed by atoms with van der Waals surface area (Å²) in [4.78, 5) is 11.3. The Morgan fingerprint density at radius 2 is 2.44 bits per heavy atom. The van der Waals surface area contributed by atoms with Gasteiger partial charge in [-0.2, -0.15) is 0 Å². The molecule has 1 aromatic rings. The lowest BCUT2D eigenvalue weighted by Crippen LogP contribution is -2.27. The Balaban J connectivity index is 2.36. The van der Waals surface area contributed by atoms with E-state index in [4.69, 9.17) is 9.52 Å². The van der Waals surface area contributed by atoms with Gasteiger partial charge in [-0.15, -0.1) is 0 Å². The first kappa shape index (κ1) is 13.2. The average molecular weight is 335 g/mol. The van der Waals surface area contributed by atoms with Crippen LogP contribution in [0.3, 0.4) is 0 Å². The molecule has 2 N–H and O–H groups in total. The van der Waals surface area contributed by atoms with Crippen molar-refractivity contribution in [2.75, 3.05) is 13.2 Å². The van der Waals surface area contributed by atoms with Gasteiger partial charge in [-0.3, -0.25) is 4.79 Å². The van der Waals surface area contributed by atoms with Crippen molar-refractivity contribution in [3.8, 4) is 0 Å². The molecule has 0 aliphatic rings. The highest BCUT2D eigenvalue weighted by atomic mass is 127. The molecule has 0 fully saturated rings. The van der Waals surface area contributed by atoms with Crippen LogP contribution in [0.5, 0.6) is 0 Å². The largest absolute Gasteiger partial charge is 0.451 e. The fourth-order valence-corrected chi connectivity index (χ4v) is 1.41. The Bertz CT molecular complexity index is 373. The number of rotatable bonds is 5. The second-order valence-corrected chi connectivity index (χ2v) is 4.57. The molecule has 0 aliphatic carbocycles. The van der Waals surface area contributed by atoms with Crippen LogP contribution in [0.4, 0.5) is 0 Å². The fourth-order valence-electron chi connectivity index (χ4n) is 0.974. The van der Waals surface area contributed by atoms with Gasteiger partial charge in [0, 0.05) is 19.2 Å². The summed E-state index contributed by atoms with van der Waals surface area (Å²) in [6.07, 6.45) is 3.03. The molecular formula is C11H14INO3. The third-order valence-electron chi connectivity index (χ3n) is 1.93. The van der Waals surface area contributed by atoms with Gasteiger partial charge in [0.25, 0.3) is 0 Å². The first-order valence-electron chi connectivity index (χ1n) is 4.94. The van der Waals surface area contributed by atoms with Crippen LogP contribution in [-0.4, -0.2) is 24.2 Å². The molecule has 0 aromatic carbocycles. The smallest absolute Gasteiger partial charge is 0.244 e. The van der Waals surface area contributed by atoms with Crippen LogP contribution in [-0.2, 0) is 4.79 Å². The SMILES string of the molecule is CC(CO)CNC(=O)/C=C/c1ccc(I)o1. The molecule has 1 heterocycles. The highest BCUT2D eigenvalue weighted by Gasteiger charge is 2.01. The summed E-state index contributed by atoms with van der Waals surface area (Å²) in [6, 6.07) is 3.62. The van der Waals surface area contributed by atoms with Gasteiger partial charge in [-0.1, -0.05) is 6.92 Å². The number of furan rings is 1. The summed E-state index contributed by atoms with van der Waals surface area (Å²) in [5, 5.41) is 11.5. The van der Waals surface area contributed by atoms with Crippen LogP contribution in [0.15, 0.2) is 22.6 Å². The maximum Gasteiger partial charge on any atom is 0.244 e. The monoisotopic (exact) mass is 335 g/mol. The Morgan fingerprint density at radius 3 is 3.00 bits per heavy atom. The quantitative estimate of drug-likeness (QED) is 0.635. The first-order chi connectivity index (χ1) is 7.61. The molecule has 1 atom stereocenters. The topological polar surface area (TPSA) is 62.5 Å². The van der Waals surface area contributed by atoms with E-state index < -0.39 is 0 Å². The number of amides is 1. The van der Waals surface area contributed by atoms with Crippen molar-refractivity contribution < 1.29 is 14.3 Å². The zero-order valence-electron chi connectivity index (χ0n) is 8.94. The number of aliphatic hydroxyl groups excluding tert-OH is 1. The molecule has 0 radical (unpaired) electrons. The molecule has 1 aromatic heterocycles. The molecular weight excluding hydrogens is 321 g/mol. The van der Waals surface area contributed by atoms with Crippen molar-refractivity contribution in [3.05, 3.63) is 27.7 Å². The fraction of sp³-hybridized carbons (Fsp3) is 0.364. The molecule has 16 heavy (non-hydrogen) atoms. The van der Waals surface area contributed by atoms with Gasteiger partial charge >= 0.3 is 0 Å². The summed E-state index contributed by atoms with van der Waals surface area (Å²) < 4.78 is 6.04. The molecule has 0 aliphatic heterocycles. The Kier molecular flexibility index (Phi) is 5.54. The third kappa shape index (κ3) is 4.80. The second kappa shape index (κ2) is 6.70. The minimum atomic E-state index is -0.188. The van der Waals surface area contributed by atoms with Crippen molar-refractivity contribution in [2.45, 2.75) is 6.92 Å². The molecule has 1 amide bonds. The zero-order chi connectivity index (χ0) is 12.0. The Morgan fingerprint density at radius 1 is 1.69 bits per heavy atom. The van der Waals surface area contributed by atoms with E-state index in [2.05, 4.69) is 27.9 Å². The van der Waals surface area contributed by atoms with Gasteiger partial charge < -0.3 is 14.8 Å². The highest BCUT2D eigenvalue weighted by Crippen LogP contribution is 2.11. The number of halogens is 1. The molecule has 88 valence electrons. The Labute approximate surface area is 108 Å². The molecule has 1 unspecified atom stereocenters. The number of hydrogen-bond acceptors (Lipinski definition) is 3. The maximum absolute atomic E-state index is 11.3. The van der Waals surface area contributed by atoms with Gasteiger partial charge in [0.15, 0.2) is 3.77 Å². The lowest BCUT2D eigenvalue weighted by atomic mass is 10.2. The first-order valence-corrected chi connectivity index (χ1v) is 6.02. The molecule has 0 bridgehead atoms. The lowest BCUT2D eigenvalue weighted by molar-refractivity contribution is -0.116. The number of nitrogens with one attached hydrogen (secondary N) is 1. The van der Waals surface area contributed by atoms with E-state index >= 15 is 0 Å². The van der Waals surface area contributed by atoms with Gasteiger partial charge in [0.1, 0.15) is 5.76 Å². The molecule has 0 saturated carbocycles. The van der Waals surface area contributed by atoms with Crippen LogP contribution in [0, 0.1) is 9.68 Å². The molecule has 4 nitrogen and oxygen atoms in total. The van der Waals surface area contributed by atoms with E-state index in [1.807, 2.05) is 13.0 Å². The number of aliphatic hydroxyl groups is 1. The summed E-state index contributed by atoms with van der Waals surface area (Å²) >= 11 is 2.06. The van der Waals surface area contributed by atoms with E-state index in [1.165, 1.54) is 6.08 Å². The van der Waals surface area contributed by atoms with Crippen molar-refractivity contribution in [1.29, 1.82) is 0 Å². The van der Waals surface area contributed by atoms with Gasteiger partial charge in [-0.05, 0) is 46.7 Å². The van der Waals surface area contributed by atoms with Crippen LogP contribution in [0.2, 0.25) is 0 Å². The van der Waals surface area contributed by atoms with E-state index in [9.17, 15) is 4.79 Å². The predicted molar refractivity (Wildman–Crippen MR) is 69.7 cm³/mol. The summed E-state index contributed by atoms with van der Waals surface area (Å²) in [5.41, 5.74) is 0. The van der Waals surface area contributed by atoms with E-state index in [-0.39, 0.29) is 18.4 Å². The number of hydrogen-bond donors (Lipinski definition) is 2. The van der Waals surface area contributed by atoms with Crippen molar-refractivity contribution in [2.24, 2.45) is 5.92 Å². The van der Waals surface area contributed by atoms with Gasteiger partial charge in [0.2, 0.25) is 5.91 Å². The number of carbonyl (C=O) groups is 1. The van der Waals surface area contributed by atoms with E-state index in [0.29, 0.717) is 12.3 Å².